The number of amides is 1. The summed E-state index contributed by atoms with van der Waals surface area (Å²) in [5, 5.41) is 6.50. The summed E-state index contributed by atoms with van der Waals surface area (Å²) in [7, 11) is 0. The number of benzene rings is 1. The van der Waals surface area contributed by atoms with Gasteiger partial charge < -0.3 is 14.6 Å². The fraction of sp³-hybridized carbons (Fsp3) is 0.333. The van der Waals surface area contributed by atoms with E-state index in [1.165, 1.54) is 24.5 Å². The molecule has 2 aromatic rings. The molecule has 3 rings (SSSR count). The topological polar surface area (TPSA) is 64.4 Å². The summed E-state index contributed by atoms with van der Waals surface area (Å²) >= 11 is 0. The van der Waals surface area contributed by atoms with Crippen LogP contribution in [0.15, 0.2) is 35.1 Å². The average molecular weight is 290 g/mol. The van der Waals surface area contributed by atoms with E-state index in [4.69, 9.17) is 4.74 Å². The minimum absolute atomic E-state index is 0.211. The molecule has 21 heavy (non-hydrogen) atoms. The predicted octanol–water partition coefficient (Wildman–Crippen LogP) is 2.85. The highest BCUT2D eigenvalue weighted by Gasteiger charge is 2.35. The number of rotatable bonds is 2. The zero-order valence-corrected chi connectivity index (χ0v) is 11.7. The number of ether oxygens (including phenoxy) is 1. The lowest BCUT2D eigenvalue weighted by atomic mass is 9.89. The van der Waals surface area contributed by atoms with Crippen molar-refractivity contribution in [2.45, 2.75) is 31.9 Å². The molecule has 0 spiro atoms. The van der Waals surface area contributed by atoms with Crippen LogP contribution in [0.2, 0.25) is 0 Å². The van der Waals surface area contributed by atoms with E-state index in [2.05, 4.69) is 15.0 Å². The number of fused-ring (bicyclic) bond motifs is 1. The van der Waals surface area contributed by atoms with Gasteiger partial charge in [-0.1, -0.05) is 11.2 Å². The van der Waals surface area contributed by atoms with Crippen molar-refractivity contribution in [3.05, 3.63) is 47.6 Å². The van der Waals surface area contributed by atoms with Crippen LogP contribution in [0.4, 0.5) is 4.39 Å². The maximum absolute atomic E-state index is 13.4. The maximum atomic E-state index is 13.4. The Balaban J connectivity index is 1.90. The first-order valence-corrected chi connectivity index (χ1v) is 6.64. The maximum Gasteiger partial charge on any atom is 0.273 e. The van der Waals surface area contributed by atoms with Crippen LogP contribution < -0.4 is 10.1 Å². The van der Waals surface area contributed by atoms with Crippen molar-refractivity contribution in [2.24, 2.45) is 0 Å². The Morgan fingerprint density at radius 1 is 1.43 bits per heavy atom. The molecular formula is C15H15FN2O3. The molecule has 1 aromatic carbocycles. The molecule has 1 aliphatic rings. The minimum atomic E-state index is -0.497. The van der Waals surface area contributed by atoms with Gasteiger partial charge in [0.25, 0.3) is 5.91 Å². The summed E-state index contributed by atoms with van der Waals surface area (Å²) in [5.74, 6) is -0.244. The van der Waals surface area contributed by atoms with Gasteiger partial charge >= 0.3 is 0 Å². The molecule has 0 fully saturated rings. The molecule has 0 saturated carbocycles. The highest BCUT2D eigenvalue weighted by atomic mass is 19.1. The number of nitrogens with one attached hydrogen (secondary N) is 1. The van der Waals surface area contributed by atoms with E-state index in [1.54, 1.807) is 6.07 Å². The van der Waals surface area contributed by atoms with Gasteiger partial charge in [-0.25, -0.2) is 4.39 Å². The molecule has 2 heterocycles. The zero-order valence-electron chi connectivity index (χ0n) is 11.7. The Kier molecular flexibility index (Phi) is 3.16. The number of halogens is 1. The first kappa shape index (κ1) is 13.6. The van der Waals surface area contributed by atoms with Crippen LogP contribution in [0, 0.1) is 5.82 Å². The number of hydrogen-bond acceptors (Lipinski definition) is 4. The first-order valence-electron chi connectivity index (χ1n) is 6.64. The third-order valence-electron chi connectivity index (χ3n) is 3.41. The molecule has 1 amide bonds. The molecule has 1 aliphatic heterocycles. The predicted molar refractivity (Wildman–Crippen MR) is 72.4 cm³/mol. The number of nitrogens with zero attached hydrogens (tertiary/aromatic N) is 1. The molecule has 0 unspecified atom stereocenters. The number of hydrogen-bond donors (Lipinski definition) is 1. The summed E-state index contributed by atoms with van der Waals surface area (Å²) in [5.41, 5.74) is 0.471. The molecule has 0 bridgehead atoms. The molecule has 0 radical (unpaired) electrons. The van der Waals surface area contributed by atoms with Gasteiger partial charge in [-0.05, 0) is 19.9 Å². The fourth-order valence-corrected chi connectivity index (χ4v) is 2.52. The summed E-state index contributed by atoms with van der Waals surface area (Å²) in [6, 6.07) is 5.55. The molecule has 6 heteroatoms. The Bertz CT molecular complexity index is 668. The van der Waals surface area contributed by atoms with Gasteiger partial charge in [0.15, 0.2) is 5.69 Å². The Hall–Kier alpha value is -2.37. The molecular weight excluding hydrogens is 275 g/mol. The Morgan fingerprint density at radius 2 is 2.24 bits per heavy atom. The van der Waals surface area contributed by atoms with E-state index in [0.717, 1.165) is 5.56 Å². The van der Waals surface area contributed by atoms with Gasteiger partial charge in [-0.3, -0.25) is 4.79 Å². The number of carbonyl (C=O) groups is 1. The van der Waals surface area contributed by atoms with Crippen LogP contribution in [0.5, 0.6) is 5.75 Å². The smallest absolute Gasteiger partial charge is 0.273 e. The van der Waals surface area contributed by atoms with Gasteiger partial charge in [0.2, 0.25) is 0 Å². The summed E-state index contributed by atoms with van der Waals surface area (Å²) in [4.78, 5) is 12.1. The minimum Gasteiger partial charge on any atom is -0.487 e. The van der Waals surface area contributed by atoms with Crippen LogP contribution >= 0.6 is 0 Å². The van der Waals surface area contributed by atoms with Crippen molar-refractivity contribution in [2.75, 3.05) is 0 Å². The van der Waals surface area contributed by atoms with E-state index < -0.39 is 5.60 Å². The van der Waals surface area contributed by atoms with E-state index in [0.29, 0.717) is 12.2 Å². The van der Waals surface area contributed by atoms with Crippen molar-refractivity contribution in [3.63, 3.8) is 0 Å². The fourth-order valence-electron chi connectivity index (χ4n) is 2.52. The van der Waals surface area contributed by atoms with Gasteiger partial charge in [-0.2, -0.15) is 0 Å². The highest BCUT2D eigenvalue weighted by molar-refractivity contribution is 5.92. The third-order valence-corrected chi connectivity index (χ3v) is 3.41. The van der Waals surface area contributed by atoms with Gasteiger partial charge in [0, 0.05) is 24.1 Å². The van der Waals surface area contributed by atoms with E-state index >= 15 is 0 Å². The zero-order chi connectivity index (χ0) is 15.0. The van der Waals surface area contributed by atoms with Crippen molar-refractivity contribution in [3.8, 4) is 5.75 Å². The number of aromatic nitrogens is 1. The third kappa shape index (κ3) is 2.74. The second-order valence-corrected chi connectivity index (χ2v) is 5.66. The lowest BCUT2D eigenvalue weighted by Crippen LogP contribution is -2.41. The molecule has 1 atom stereocenters. The first-order chi connectivity index (χ1) is 9.94. The van der Waals surface area contributed by atoms with Crippen LogP contribution in [0.25, 0.3) is 0 Å². The Labute approximate surface area is 121 Å². The van der Waals surface area contributed by atoms with E-state index in [-0.39, 0.29) is 23.5 Å². The van der Waals surface area contributed by atoms with E-state index in [1.807, 2.05) is 13.8 Å². The largest absolute Gasteiger partial charge is 0.487 e. The highest BCUT2D eigenvalue weighted by Crippen LogP contribution is 2.39. The van der Waals surface area contributed by atoms with Crippen LogP contribution in [0.3, 0.4) is 0 Å². The number of carbonyl (C=O) groups excluding carboxylic acids is 1. The second kappa shape index (κ2) is 4.87. The standard InChI is InChI=1S/C15H15FN2O3/c1-15(2)8-12(17-14(19)11-5-6-20-18-11)10-4-3-9(16)7-13(10)21-15/h3-7,12H,8H2,1-2H3,(H,17,19)/t12-/m0/s1. The summed E-state index contributed by atoms with van der Waals surface area (Å²) < 4.78 is 23.8. The van der Waals surface area contributed by atoms with Crippen molar-refractivity contribution < 1.29 is 18.4 Å². The monoisotopic (exact) mass is 290 g/mol. The summed E-state index contributed by atoms with van der Waals surface area (Å²) in [6.07, 6.45) is 1.92. The van der Waals surface area contributed by atoms with Crippen molar-refractivity contribution >= 4 is 5.91 Å². The van der Waals surface area contributed by atoms with Crippen LogP contribution in [-0.4, -0.2) is 16.7 Å². The molecule has 1 aromatic heterocycles. The van der Waals surface area contributed by atoms with Crippen LogP contribution in [-0.2, 0) is 0 Å². The summed E-state index contributed by atoms with van der Waals surface area (Å²) in [6.45, 7) is 3.80. The van der Waals surface area contributed by atoms with Crippen molar-refractivity contribution in [1.82, 2.24) is 10.5 Å². The average Bonchev–Trinajstić information content (AvgIpc) is 2.90. The van der Waals surface area contributed by atoms with Gasteiger partial charge in [0.1, 0.15) is 23.4 Å². The van der Waals surface area contributed by atoms with Gasteiger partial charge in [0.05, 0.1) is 6.04 Å². The Morgan fingerprint density at radius 3 is 2.95 bits per heavy atom. The second-order valence-electron chi connectivity index (χ2n) is 5.66. The molecule has 0 saturated heterocycles. The van der Waals surface area contributed by atoms with E-state index in [9.17, 15) is 9.18 Å². The molecule has 110 valence electrons. The molecule has 0 aliphatic carbocycles. The van der Waals surface area contributed by atoms with Crippen LogP contribution in [0.1, 0.15) is 42.4 Å². The van der Waals surface area contributed by atoms with Gasteiger partial charge in [-0.15, -0.1) is 0 Å². The SMILES string of the molecule is CC1(C)C[C@H](NC(=O)c2ccon2)c2ccc(F)cc2O1. The molecule has 1 N–H and O–H groups in total. The normalized spacial score (nSPS) is 19.5. The quantitative estimate of drug-likeness (QED) is 0.923. The van der Waals surface area contributed by atoms with Crippen molar-refractivity contribution in [1.29, 1.82) is 0 Å². The lowest BCUT2D eigenvalue weighted by Gasteiger charge is -2.37. The lowest BCUT2D eigenvalue weighted by molar-refractivity contribution is 0.0614. The molecule has 5 nitrogen and oxygen atoms in total.